The minimum Gasteiger partial charge on any atom is -0.335 e. The van der Waals surface area contributed by atoms with E-state index in [4.69, 9.17) is 22.6 Å². The van der Waals surface area contributed by atoms with Crippen molar-refractivity contribution in [2.24, 2.45) is 5.14 Å². The molecule has 3 aromatic rings. The summed E-state index contributed by atoms with van der Waals surface area (Å²) in [5.41, 5.74) is 1.14. The number of amides is 1. The normalized spacial score (nSPS) is 11.4. The third-order valence-corrected chi connectivity index (χ3v) is 5.65. The van der Waals surface area contributed by atoms with Gasteiger partial charge < -0.3 is 11.2 Å². The van der Waals surface area contributed by atoms with Gasteiger partial charge in [0, 0.05) is 16.3 Å². The molecular formula is C16H15ClN6O3S2. The number of halogens is 1. The van der Waals surface area contributed by atoms with Crippen LogP contribution >= 0.6 is 23.4 Å². The molecule has 0 spiro atoms. The van der Waals surface area contributed by atoms with Crippen LogP contribution in [0.15, 0.2) is 58.6 Å². The molecule has 0 aliphatic heterocycles. The first-order valence-corrected chi connectivity index (χ1v) is 10.7. The predicted molar refractivity (Wildman–Crippen MR) is 108 cm³/mol. The Balaban J connectivity index is 1.62. The zero-order valence-electron chi connectivity index (χ0n) is 14.2. The van der Waals surface area contributed by atoms with Gasteiger partial charge in [-0.05, 0) is 36.4 Å². The number of thioether (sulfide) groups is 1. The van der Waals surface area contributed by atoms with Gasteiger partial charge in [-0.15, -0.1) is 10.2 Å². The number of hydrogen-bond donors (Lipinski definition) is 3. The SMILES string of the molecule is Nn1c(SCC(=O)Nc2ccc(S(N)(=O)=O)cc2)nnc1-c1cccc(Cl)c1. The minimum absolute atomic E-state index is 0.0296. The number of sulfonamides is 1. The number of rotatable bonds is 6. The largest absolute Gasteiger partial charge is 0.335 e. The lowest BCUT2D eigenvalue weighted by molar-refractivity contribution is -0.113. The number of anilines is 1. The summed E-state index contributed by atoms with van der Waals surface area (Å²) < 4.78 is 23.7. The van der Waals surface area contributed by atoms with Crippen LogP contribution in [0.1, 0.15) is 0 Å². The van der Waals surface area contributed by atoms with Crippen LogP contribution in [-0.2, 0) is 14.8 Å². The molecule has 9 nitrogen and oxygen atoms in total. The van der Waals surface area contributed by atoms with Crippen LogP contribution in [0.25, 0.3) is 11.4 Å². The molecule has 12 heteroatoms. The Bertz CT molecular complexity index is 1120. The van der Waals surface area contributed by atoms with Crippen molar-refractivity contribution in [1.29, 1.82) is 0 Å². The van der Waals surface area contributed by atoms with Gasteiger partial charge in [0.1, 0.15) is 0 Å². The van der Waals surface area contributed by atoms with Gasteiger partial charge in [0.2, 0.25) is 21.1 Å². The Kier molecular flexibility index (Phi) is 5.89. The summed E-state index contributed by atoms with van der Waals surface area (Å²) in [5, 5.41) is 16.6. The fourth-order valence-electron chi connectivity index (χ4n) is 2.26. The average Bonchev–Trinajstić information content (AvgIpc) is 3.00. The molecule has 0 aliphatic carbocycles. The van der Waals surface area contributed by atoms with E-state index in [9.17, 15) is 13.2 Å². The maximum Gasteiger partial charge on any atom is 0.238 e. The lowest BCUT2D eigenvalue weighted by Gasteiger charge is -2.06. The molecule has 28 heavy (non-hydrogen) atoms. The van der Waals surface area contributed by atoms with Crippen molar-refractivity contribution in [3.63, 3.8) is 0 Å². The van der Waals surface area contributed by atoms with Gasteiger partial charge in [-0.3, -0.25) is 4.79 Å². The van der Waals surface area contributed by atoms with Crippen LogP contribution < -0.4 is 16.3 Å². The molecule has 3 rings (SSSR count). The maximum absolute atomic E-state index is 12.1. The molecule has 0 fully saturated rings. The highest BCUT2D eigenvalue weighted by atomic mass is 35.5. The molecule has 0 bridgehead atoms. The molecule has 1 aromatic heterocycles. The second-order valence-corrected chi connectivity index (χ2v) is 8.53. The molecule has 1 heterocycles. The van der Waals surface area contributed by atoms with Gasteiger partial charge in [-0.2, -0.15) is 0 Å². The Morgan fingerprint density at radius 3 is 2.54 bits per heavy atom. The molecule has 0 aliphatic rings. The van der Waals surface area contributed by atoms with E-state index >= 15 is 0 Å². The molecule has 0 unspecified atom stereocenters. The first-order valence-electron chi connectivity index (χ1n) is 7.76. The first-order chi connectivity index (χ1) is 13.2. The number of nitrogens with zero attached hydrogens (tertiary/aromatic N) is 3. The van der Waals surface area contributed by atoms with E-state index in [1.54, 1.807) is 24.3 Å². The van der Waals surface area contributed by atoms with Crippen molar-refractivity contribution in [3.8, 4) is 11.4 Å². The lowest BCUT2D eigenvalue weighted by Crippen LogP contribution is -2.17. The average molecular weight is 439 g/mol. The van der Waals surface area contributed by atoms with Crippen LogP contribution in [0.5, 0.6) is 0 Å². The molecule has 0 saturated heterocycles. The minimum atomic E-state index is -3.78. The fourth-order valence-corrected chi connectivity index (χ4v) is 3.62. The number of carbonyl (C=O) groups is 1. The number of carbonyl (C=O) groups excluding carboxylic acids is 1. The van der Waals surface area contributed by atoms with Crippen molar-refractivity contribution >= 4 is 45.0 Å². The highest BCUT2D eigenvalue weighted by Crippen LogP contribution is 2.24. The molecule has 0 atom stereocenters. The highest BCUT2D eigenvalue weighted by Gasteiger charge is 2.14. The summed E-state index contributed by atoms with van der Waals surface area (Å²) in [6.45, 7) is 0. The van der Waals surface area contributed by atoms with Crippen molar-refractivity contribution < 1.29 is 13.2 Å². The van der Waals surface area contributed by atoms with E-state index < -0.39 is 10.0 Å². The van der Waals surface area contributed by atoms with Crippen LogP contribution in [0, 0.1) is 0 Å². The molecule has 0 radical (unpaired) electrons. The zero-order chi connectivity index (χ0) is 20.3. The van der Waals surface area contributed by atoms with Gasteiger partial charge in [0.05, 0.1) is 10.6 Å². The molecule has 146 valence electrons. The molecule has 5 N–H and O–H groups in total. The van der Waals surface area contributed by atoms with Gasteiger partial charge in [-0.25, -0.2) is 18.2 Å². The van der Waals surface area contributed by atoms with Gasteiger partial charge in [0.15, 0.2) is 5.82 Å². The van der Waals surface area contributed by atoms with E-state index in [1.165, 1.54) is 28.9 Å². The number of nitrogen functional groups attached to an aromatic ring is 1. The molecular weight excluding hydrogens is 424 g/mol. The van der Waals surface area contributed by atoms with Crippen LogP contribution in [0.3, 0.4) is 0 Å². The highest BCUT2D eigenvalue weighted by molar-refractivity contribution is 7.99. The Hall–Kier alpha value is -2.60. The number of hydrogen-bond acceptors (Lipinski definition) is 7. The van der Waals surface area contributed by atoms with E-state index in [0.29, 0.717) is 27.3 Å². The number of aromatic nitrogens is 3. The van der Waals surface area contributed by atoms with Gasteiger partial charge >= 0.3 is 0 Å². The maximum atomic E-state index is 12.1. The molecule has 1 amide bonds. The van der Waals surface area contributed by atoms with E-state index in [1.807, 2.05) is 0 Å². The van der Waals surface area contributed by atoms with Crippen molar-refractivity contribution in [2.45, 2.75) is 10.1 Å². The molecule has 2 aromatic carbocycles. The van der Waals surface area contributed by atoms with E-state index in [2.05, 4.69) is 15.5 Å². The summed E-state index contributed by atoms with van der Waals surface area (Å²) >= 11 is 7.08. The van der Waals surface area contributed by atoms with Crippen LogP contribution in [0.4, 0.5) is 5.69 Å². The number of nitrogens with one attached hydrogen (secondary N) is 1. The molecule has 0 saturated carbocycles. The third-order valence-electron chi connectivity index (χ3n) is 3.55. The summed E-state index contributed by atoms with van der Waals surface area (Å²) in [6.07, 6.45) is 0. The van der Waals surface area contributed by atoms with E-state index in [0.717, 1.165) is 11.8 Å². The van der Waals surface area contributed by atoms with E-state index in [-0.39, 0.29) is 16.6 Å². The second-order valence-electron chi connectivity index (χ2n) is 5.59. The number of primary sulfonamides is 1. The Labute approximate surface area is 170 Å². The summed E-state index contributed by atoms with van der Waals surface area (Å²) in [4.78, 5) is 12.1. The topological polar surface area (TPSA) is 146 Å². The first kappa shape index (κ1) is 20.1. The van der Waals surface area contributed by atoms with Crippen molar-refractivity contribution in [1.82, 2.24) is 14.9 Å². The lowest BCUT2D eigenvalue weighted by atomic mass is 10.2. The Morgan fingerprint density at radius 1 is 1.18 bits per heavy atom. The number of nitrogens with two attached hydrogens (primary N) is 2. The quantitative estimate of drug-likeness (QED) is 0.392. The summed E-state index contributed by atoms with van der Waals surface area (Å²) in [5.74, 6) is 6.14. The van der Waals surface area contributed by atoms with Gasteiger partial charge in [-0.1, -0.05) is 35.5 Å². The van der Waals surface area contributed by atoms with Crippen molar-refractivity contribution in [3.05, 3.63) is 53.6 Å². The third kappa shape index (κ3) is 4.81. The predicted octanol–water partition coefficient (Wildman–Crippen LogP) is 1.69. The Morgan fingerprint density at radius 2 is 1.89 bits per heavy atom. The van der Waals surface area contributed by atoms with Gasteiger partial charge in [0.25, 0.3) is 0 Å². The fraction of sp³-hybridized carbons (Fsp3) is 0.0625. The van der Waals surface area contributed by atoms with Crippen LogP contribution in [0.2, 0.25) is 5.02 Å². The standard InChI is InChI=1S/C16H15ClN6O3S2/c17-11-3-1-2-10(8-11)15-21-22-16(23(15)18)27-9-14(24)20-12-4-6-13(7-5-12)28(19,25)26/h1-8H,9,18H2,(H,20,24)(H2,19,25,26). The second kappa shape index (κ2) is 8.19. The monoisotopic (exact) mass is 438 g/mol. The smallest absolute Gasteiger partial charge is 0.238 e. The van der Waals surface area contributed by atoms with Crippen molar-refractivity contribution in [2.75, 3.05) is 16.9 Å². The summed E-state index contributed by atoms with van der Waals surface area (Å²) in [7, 11) is -3.78. The number of benzene rings is 2. The van der Waals surface area contributed by atoms with Crippen LogP contribution in [-0.4, -0.2) is 35.0 Å². The zero-order valence-corrected chi connectivity index (χ0v) is 16.6. The summed E-state index contributed by atoms with van der Waals surface area (Å²) in [6, 6.07) is 12.5.